The van der Waals surface area contributed by atoms with Crippen LogP contribution in [0.4, 0.5) is 19.0 Å². The fraction of sp³-hybridized carbons (Fsp3) is 0.571. The molecule has 0 spiro atoms. The Labute approximate surface area is 134 Å². The van der Waals surface area contributed by atoms with E-state index in [0.29, 0.717) is 13.0 Å². The molecule has 2 aromatic rings. The molecule has 2 fully saturated rings. The molecule has 0 bridgehead atoms. The van der Waals surface area contributed by atoms with Crippen LogP contribution in [0.5, 0.6) is 0 Å². The number of hydrogen-bond acceptors (Lipinski definition) is 5. The summed E-state index contributed by atoms with van der Waals surface area (Å²) in [4.78, 5) is 20.7. The molecule has 0 unspecified atom stereocenters. The highest BCUT2D eigenvalue weighted by atomic mass is 19.4. The van der Waals surface area contributed by atoms with Crippen molar-refractivity contribution in [2.24, 2.45) is 11.3 Å². The molecule has 24 heavy (non-hydrogen) atoms. The van der Waals surface area contributed by atoms with Crippen molar-refractivity contribution >= 4 is 17.6 Å². The summed E-state index contributed by atoms with van der Waals surface area (Å²) in [5, 5.41) is 13.6. The fourth-order valence-corrected chi connectivity index (χ4v) is 3.98. The Bertz CT molecular complexity index is 820. The highest BCUT2D eigenvalue weighted by Crippen LogP contribution is 2.50. The number of rotatable bonds is 2. The molecule has 2 atom stereocenters. The van der Waals surface area contributed by atoms with Gasteiger partial charge >= 0.3 is 12.1 Å². The third kappa shape index (κ3) is 2.05. The molecule has 3 heterocycles. The molecule has 2 aromatic heterocycles. The van der Waals surface area contributed by atoms with Crippen LogP contribution in [0.3, 0.4) is 0 Å². The lowest BCUT2D eigenvalue weighted by Crippen LogP contribution is -2.36. The number of carboxylic acids is 1. The molecule has 128 valence electrons. The van der Waals surface area contributed by atoms with Crippen molar-refractivity contribution in [2.75, 3.05) is 18.0 Å². The number of nitrogens with zero attached hydrogens (tertiary/aromatic N) is 5. The largest absolute Gasteiger partial charge is 0.481 e. The van der Waals surface area contributed by atoms with Gasteiger partial charge in [-0.25, -0.2) is 4.98 Å². The van der Waals surface area contributed by atoms with Gasteiger partial charge in [-0.3, -0.25) is 4.79 Å². The molecule has 2 aliphatic rings. The van der Waals surface area contributed by atoms with E-state index in [2.05, 4.69) is 15.1 Å². The average Bonchev–Trinajstić information content (AvgIpc) is 3.18. The summed E-state index contributed by atoms with van der Waals surface area (Å²) in [6.45, 7) is 0.561. The van der Waals surface area contributed by atoms with Crippen molar-refractivity contribution in [3.63, 3.8) is 0 Å². The van der Waals surface area contributed by atoms with E-state index in [1.165, 1.54) is 4.52 Å². The topological polar surface area (TPSA) is 83.6 Å². The maximum Gasteiger partial charge on any atom is 0.433 e. The van der Waals surface area contributed by atoms with Crippen molar-refractivity contribution < 1.29 is 23.1 Å². The van der Waals surface area contributed by atoms with Crippen LogP contribution in [-0.2, 0) is 11.0 Å². The van der Waals surface area contributed by atoms with E-state index in [1.54, 1.807) is 4.90 Å². The predicted octanol–water partition coefficient (Wildman–Crippen LogP) is 1.83. The summed E-state index contributed by atoms with van der Waals surface area (Å²) >= 11 is 0. The molecule has 0 radical (unpaired) electrons. The molecule has 10 heteroatoms. The van der Waals surface area contributed by atoms with E-state index in [9.17, 15) is 23.1 Å². The number of alkyl halides is 3. The van der Waals surface area contributed by atoms with Gasteiger partial charge in [0.05, 0.1) is 5.41 Å². The first kappa shape index (κ1) is 15.2. The number of carboxylic acid groups (broad SMARTS) is 1. The molecule has 1 N–H and O–H groups in total. The average molecular weight is 341 g/mol. The number of fused-ring (bicyclic) bond motifs is 2. The zero-order chi connectivity index (χ0) is 17.1. The van der Waals surface area contributed by atoms with E-state index < -0.39 is 23.3 Å². The van der Waals surface area contributed by atoms with Gasteiger partial charge in [-0.2, -0.15) is 27.8 Å². The molecule has 1 aliphatic carbocycles. The van der Waals surface area contributed by atoms with Crippen LogP contribution in [0.1, 0.15) is 25.0 Å². The molecule has 1 saturated heterocycles. The molecule has 0 amide bonds. The first-order valence-electron chi connectivity index (χ1n) is 7.57. The summed E-state index contributed by atoms with van der Waals surface area (Å²) in [6, 6.07) is 0.915. The lowest BCUT2D eigenvalue weighted by molar-refractivity contribution is -0.149. The van der Waals surface area contributed by atoms with Gasteiger partial charge in [0.1, 0.15) is 12.1 Å². The van der Waals surface area contributed by atoms with Crippen molar-refractivity contribution in [3.05, 3.63) is 18.1 Å². The van der Waals surface area contributed by atoms with Gasteiger partial charge in [-0.15, -0.1) is 0 Å². The maximum atomic E-state index is 13.1. The van der Waals surface area contributed by atoms with Gasteiger partial charge in [0.2, 0.25) is 0 Å². The second kappa shape index (κ2) is 4.81. The fourth-order valence-electron chi connectivity index (χ4n) is 3.98. The zero-order valence-corrected chi connectivity index (χ0v) is 12.5. The lowest BCUT2D eigenvalue weighted by atomic mass is 9.81. The van der Waals surface area contributed by atoms with Crippen LogP contribution in [0.2, 0.25) is 0 Å². The van der Waals surface area contributed by atoms with E-state index in [4.69, 9.17) is 0 Å². The Hall–Kier alpha value is -2.39. The van der Waals surface area contributed by atoms with E-state index in [0.717, 1.165) is 25.2 Å². The van der Waals surface area contributed by atoms with Gasteiger partial charge in [-0.05, 0) is 18.8 Å². The lowest BCUT2D eigenvalue weighted by Gasteiger charge is -2.24. The number of aliphatic carboxylic acids is 1. The molecular formula is C14H14F3N5O2. The van der Waals surface area contributed by atoms with Gasteiger partial charge < -0.3 is 10.0 Å². The first-order chi connectivity index (χ1) is 11.3. The molecule has 7 nitrogen and oxygen atoms in total. The van der Waals surface area contributed by atoms with Crippen LogP contribution >= 0.6 is 0 Å². The smallest absolute Gasteiger partial charge is 0.433 e. The van der Waals surface area contributed by atoms with Gasteiger partial charge in [0.15, 0.2) is 5.69 Å². The molecule has 0 aromatic carbocycles. The van der Waals surface area contributed by atoms with Crippen molar-refractivity contribution in [1.29, 1.82) is 0 Å². The van der Waals surface area contributed by atoms with Gasteiger partial charge in [0, 0.05) is 19.2 Å². The minimum atomic E-state index is -4.61. The maximum absolute atomic E-state index is 13.1. The Kier molecular flexibility index (Phi) is 3.03. The number of hydrogen-bond donors (Lipinski definition) is 1. The standard InChI is InChI=1S/C14H14F3N5O2/c15-14(16,17)9-4-10(22-12(20-9)18-7-19-22)21-5-8-2-1-3-13(8,6-21)11(23)24/h4,7-8H,1-3,5-6H2,(H,23,24)/t8-,13+/m0/s1. The monoisotopic (exact) mass is 341 g/mol. The van der Waals surface area contributed by atoms with Crippen LogP contribution in [0.25, 0.3) is 5.78 Å². The summed E-state index contributed by atoms with van der Waals surface area (Å²) in [7, 11) is 0. The Morgan fingerprint density at radius 2 is 2.21 bits per heavy atom. The predicted molar refractivity (Wildman–Crippen MR) is 75.4 cm³/mol. The molecule has 1 saturated carbocycles. The minimum Gasteiger partial charge on any atom is -0.481 e. The van der Waals surface area contributed by atoms with Crippen molar-refractivity contribution in [1.82, 2.24) is 19.6 Å². The Morgan fingerprint density at radius 3 is 2.88 bits per heavy atom. The van der Waals surface area contributed by atoms with Crippen LogP contribution in [-0.4, -0.2) is 43.7 Å². The summed E-state index contributed by atoms with van der Waals surface area (Å²) in [6.07, 6.45) is -1.34. The normalized spacial score (nSPS) is 27.0. The quantitative estimate of drug-likeness (QED) is 0.897. The van der Waals surface area contributed by atoms with Crippen LogP contribution in [0, 0.1) is 11.3 Å². The molecule has 4 rings (SSSR count). The minimum absolute atomic E-state index is 0.0731. The summed E-state index contributed by atoms with van der Waals surface area (Å²) < 4.78 is 40.5. The zero-order valence-electron chi connectivity index (χ0n) is 12.5. The van der Waals surface area contributed by atoms with E-state index >= 15 is 0 Å². The van der Waals surface area contributed by atoms with Crippen molar-refractivity contribution in [3.8, 4) is 0 Å². The number of carbonyl (C=O) groups is 1. The van der Waals surface area contributed by atoms with E-state index in [-0.39, 0.29) is 24.1 Å². The Morgan fingerprint density at radius 1 is 1.42 bits per heavy atom. The van der Waals surface area contributed by atoms with Gasteiger partial charge in [0.25, 0.3) is 5.78 Å². The molecular weight excluding hydrogens is 327 g/mol. The highest BCUT2D eigenvalue weighted by molar-refractivity contribution is 5.78. The third-order valence-electron chi connectivity index (χ3n) is 5.14. The van der Waals surface area contributed by atoms with Crippen molar-refractivity contribution in [2.45, 2.75) is 25.4 Å². The SMILES string of the molecule is O=C(O)[C@@]12CCC[C@H]1CN(c1cc(C(F)(F)F)nc3ncnn13)C2. The number of anilines is 1. The third-order valence-corrected chi connectivity index (χ3v) is 5.14. The number of aromatic nitrogens is 4. The second-order valence-corrected chi connectivity index (χ2v) is 6.40. The van der Waals surface area contributed by atoms with Crippen LogP contribution < -0.4 is 4.90 Å². The second-order valence-electron chi connectivity index (χ2n) is 6.40. The summed E-state index contributed by atoms with van der Waals surface area (Å²) in [5.41, 5.74) is -1.95. The van der Waals surface area contributed by atoms with Gasteiger partial charge in [-0.1, -0.05) is 6.42 Å². The Balaban J connectivity index is 1.80. The summed E-state index contributed by atoms with van der Waals surface area (Å²) in [5.74, 6) is -0.926. The van der Waals surface area contributed by atoms with E-state index in [1.807, 2.05) is 0 Å². The highest BCUT2D eigenvalue weighted by Gasteiger charge is 2.55. The van der Waals surface area contributed by atoms with Crippen LogP contribution in [0.15, 0.2) is 12.4 Å². The molecule has 1 aliphatic heterocycles. The first-order valence-corrected chi connectivity index (χ1v) is 7.57. The number of halogens is 3.